The first-order valence-corrected chi connectivity index (χ1v) is 5.95. The van der Waals surface area contributed by atoms with Crippen molar-refractivity contribution >= 4 is 5.78 Å². The molecule has 0 atom stereocenters. The zero-order valence-electron chi connectivity index (χ0n) is 11.0. The van der Waals surface area contributed by atoms with E-state index in [4.69, 9.17) is 0 Å². The molecule has 90 valence electrons. The van der Waals surface area contributed by atoms with E-state index < -0.39 is 0 Å². The Hall–Kier alpha value is -1.11. The zero-order valence-corrected chi connectivity index (χ0v) is 11.0. The summed E-state index contributed by atoms with van der Waals surface area (Å²) >= 11 is 0. The van der Waals surface area contributed by atoms with Crippen molar-refractivity contribution in [3.8, 4) is 0 Å². The SMILES string of the molecule is C=C/C(C)=C/C/C=C(\C)CCC(=O)C(C)C. The third kappa shape index (κ3) is 7.22. The molecule has 0 aliphatic heterocycles. The number of hydrogen-bond acceptors (Lipinski definition) is 1. The van der Waals surface area contributed by atoms with Gasteiger partial charge in [-0.05, 0) is 26.7 Å². The fourth-order valence-electron chi connectivity index (χ4n) is 1.24. The first-order valence-electron chi connectivity index (χ1n) is 5.95. The van der Waals surface area contributed by atoms with Gasteiger partial charge in [0, 0.05) is 12.3 Å². The smallest absolute Gasteiger partial charge is 0.135 e. The standard InChI is InChI=1S/C15H24O/c1-6-13(4)8-7-9-14(5)10-11-15(16)12(2)3/h6,8-9,12H,1,7,10-11H2,2-5H3/b13-8+,14-9+. The minimum atomic E-state index is 0.163. The molecule has 0 spiro atoms. The summed E-state index contributed by atoms with van der Waals surface area (Å²) < 4.78 is 0. The summed E-state index contributed by atoms with van der Waals surface area (Å²) in [4.78, 5) is 11.4. The maximum absolute atomic E-state index is 11.4. The van der Waals surface area contributed by atoms with Gasteiger partial charge in [0.25, 0.3) is 0 Å². The molecule has 0 rings (SSSR count). The minimum Gasteiger partial charge on any atom is -0.299 e. The minimum absolute atomic E-state index is 0.163. The first-order chi connectivity index (χ1) is 7.47. The maximum Gasteiger partial charge on any atom is 0.135 e. The molecule has 0 aliphatic carbocycles. The Bertz CT molecular complexity index is 293. The molecule has 1 heteroatoms. The fourth-order valence-corrected chi connectivity index (χ4v) is 1.24. The van der Waals surface area contributed by atoms with E-state index in [-0.39, 0.29) is 5.92 Å². The highest BCUT2D eigenvalue weighted by Crippen LogP contribution is 2.10. The van der Waals surface area contributed by atoms with Gasteiger partial charge in [0.05, 0.1) is 0 Å². The van der Waals surface area contributed by atoms with E-state index in [1.165, 1.54) is 11.1 Å². The van der Waals surface area contributed by atoms with Crippen LogP contribution >= 0.6 is 0 Å². The van der Waals surface area contributed by atoms with Gasteiger partial charge in [0.15, 0.2) is 0 Å². The molecule has 0 aromatic rings. The summed E-state index contributed by atoms with van der Waals surface area (Å²) in [5, 5.41) is 0. The summed E-state index contributed by atoms with van der Waals surface area (Å²) in [5.41, 5.74) is 2.49. The molecule has 0 amide bonds. The van der Waals surface area contributed by atoms with E-state index in [0.717, 1.165) is 12.8 Å². The Kier molecular flexibility index (Phi) is 7.53. The summed E-state index contributed by atoms with van der Waals surface area (Å²) in [6, 6.07) is 0. The average Bonchev–Trinajstić information content (AvgIpc) is 2.25. The van der Waals surface area contributed by atoms with Gasteiger partial charge in [-0.1, -0.05) is 49.8 Å². The molecule has 0 fully saturated rings. The Balaban J connectivity index is 3.97. The zero-order chi connectivity index (χ0) is 12.6. The molecule has 0 aromatic carbocycles. The van der Waals surface area contributed by atoms with Crippen LogP contribution in [-0.2, 0) is 4.79 Å². The Morgan fingerprint density at radius 1 is 1.19 bits per heavy atom. The van der Waals surface area contributed by atoms with Crippen LogP contribution in [0.1, 0.15) is 47.0 Å². The van der Waals surface area contributed by atoms with E-state index in [1.807, 2.05) is 26.8 Å². The van der Waals surface area contributed by atoms with E-state index >= 15 is 0 Å². The number of ketones is 1. The molecule has 0 aliphatic rings. The van der Waals surface area contributed by atoms with Crippen molar-refractivity contribution in [1.82, 2.24) is 0 Å². The van der Waals surface area contributed by atoms with E-state index in [2.05, 4.69) is 25.7 Å². The van der Waals surface area contributed by atoms with Gasteiger partial charge in [0.1, 0.15) is 5.78 Å². The molecule has 0 unspecified atom stereocenters. The van der Waals surface area contributed by atoms with Crippen LogP contribution in [0.25, 0.3) is 0 Å². The topological polar surface area (TPSA) is 17.1 Å². The van der Waals surface area contributed by atoms with Crippen LogP contribution in [0.2, 0.25) is 0 Å². The van der Waals surface area contributed by atoms with Crippen molar-refractivity contribution in [2.75, 3.05) is 0 Å². The highest BCUT2D eigenvalue weighted by Gasteiger charge is 2.06. The summed E-state index contributed by atoms with van der Waals surface area (Å²) in [6.07, 6.45) is 8.66. The van der Waals surface area contributed by atoms with Crippen LogP contribution in [0.3, 0.4) is 0 Å². The lowest BCUT2D eigenvalue weighted by Crippen LogP contribution is -2.06. The Labute approximate surface area is 99.9 Å². The number of Topliss-reactive ketones (excluding diaryl/α,β-unsaturated/α-hetero) is 1. The lowest BCUT2D eigenvalue weighted by Gasteiger charge is -2.03. The second-order valence-corrected chi connectivity index (χ2v) is 4.56. The van der Waals surface area contributed by atoms with Gasteiger partial charge in [-0.2, -0.15) is 0 Å². The van der Waals surface area contributed by atoms with E-state index in [0.29, 0.717) is 12.2 Å². The largest absolute Gasteiger partial charge is 0.299 e. The Morgan fingerprint density at radius 2 is 1.81 bits per heavy atom. The van der Waals surface area contributed by atoms with Gasteiger partial charge in [-0.3, -0.25) is 4.79 Å². The van der Waals surface area contributed by atoms with Crippen molar-refractivity contribution in [2.24, 2.45) is 5.92 Å². The van der Waals surface area contributed by atoms with E-state index in [9.17, 15) is 4.79 Å². The van der Waals surface area contributed by atoms with Crippen LogP contribution in [0.5, 0.6) is 0 Å². The molecular formula is C15H24O. The molecule has 0 saturated heterocycles. The molecule has 0 aromatic heterocycles. The number of hydrogen-bond donors (Lipinski definition) is 0. The van der Waals surface area contributed by atoms with Gasteiger partial charge in [-0.25, -0.2) is 0 Å². The molecule has 0 heterocycles. The van der Waals surface area contributed by atoms with Crippen LogP contribution in [0, 0.1) is 5.92 Å². The monoisotopic (exact) mass is 220 g/mol. The van der Waals surface area contributed by atoms with Crippen molar-refractivity contribution in [3.05, 3.63) is 36.0 Å². The van der Waals surface area contributed by atoms with Crippen LogP contribution in [0.4, 0.5) is 0 Å². The lowest BCUT2D eigenvalue weighted by atomic mass is 10.0. The fraction of sp³-hybridized carbons (Fsp3) is 0.533. The second kappa shape index (κ2) is 8.09. The number of allylic oxidation sites excluding steroid dienone is 5. The van der Waals surface area contributed by atoms with Crippen molar-refractivity contribution in [1.29, 1.82) is 0 Å². The van der Waals surface area contributed by atoms with Gasteiger partial charge in [0.2, 0.25) is 0 Å². The van der Waals surface area contributed by atoms with Gasteiger partial charge in [-0.15, -0.1) is 0 Å². The van der Waals surface area contributed by atoms with Crippen LogP contribution in [0.15, 0.2) is 36.0 Å². The van der Waals surface area contributed by atoms with Gasteiger partial charge < -0.3 is 0 Å². The third-order valence-electron chi connectivity index (χ3n) is 2.64. The van der Waals surface area contributed by atoms with Crippen molar-refractivity contribution in [3.63, 3.8) is 0 Å². The number of carbonyl (C=O) groups excluding carboxylic acids is 1. The molecule has 0 saturated carbocycles. The van der Waals surface area contributed by atoms with Crippen LogP contribution in [-0.4, -0.2) is 5.78 Å². The Morgan fingerprint density at radius 3 is 2.31 bits per heavy atom. The third-order valence-corrected chi connectivity index (χ3v) is 2.64. The number of carbonyl (C=O) groups is 1. The highest BCUT2D eigenvalue weighted by atomic mass is 16.1. The first kappa shape index (κ1) is 14.9. The average molecular weight is 220 g/mol. The van der Waals surface area contributed by atoms with Crippen molar-refractivity contribution < 1.29 is 4.79 Å². The molecule has 1 nitrogen and oxygen atoms in total. The van der Waals surface area contributed by atoms with Crippen molar-refractivity contribution in [2.45, 2.75) is 47.0 Å². The van der Waals surface area contributed by atoms with Crippen LogP contribution < -0.4 is 0 Å². The molecule has 16 heavy (non-hydrogen) atoms. The summed E-state index contributed by atoms with van der Waals surface area (Å²) in [6.45, 7) is 11.7. The summed E-state index contributed by atoms with van der Waals surface area (Å²) in [5.74, 6) is 0.515. The molecule has 0 bridgehead atoms. The predicted molar refractivity (Wildman–Crippen MR) is 71.4 cm³/mol. The predicted octanol–water partition coefficient (Wildman–Crippen LogP) is 4.46. The lowest BCUT2D eigenvalue weighted by molar-refractivity contribution is -0.121. The highest BCUT2D eigenvalue weighted by molar-refractivity contribution is 5.80. The molecular weight excluding hydrogens is 196 g/mol. The quantitative estimate of drug-likeness (QED) is 0.457. The molecule has 0 N–H and O–H groups in total. The van der Waals surface area contributed by atoms with Gasteiger partial charge >= 0.3 is 0 Å². The number of rotatable bonds is 7. The maximum atomic E-state index is 11.4. The van der Waals surface area contributed by atoms with E-state index in [1.54, 1.807) is 0 Å². The summed E-state index contributed by atoms with van der Waals surface area (Å²) in [7, 11) is 0. The second-order valence-electron chi connectivity index (χ2n) is 4.56. The normalized spacial score (nSPS) is 13.1. The molecule has 0 radical (unpaired) electrons.